The number of amides is 1. The van der Waals surface area contributed by atoms with Crippen molar-refractivity contribution in [3.8, 4) is 56.3 Å². The molecule has 4 saturated heterocycles. The molecule has 0 aliphatic carbocycles. The van der Waals surface area contributed by atoms with E-state index >= 15 is 0 Å². The Morgan fingerprint density at radius 1 is 0.564 bits per heavy atom. The molecule has 8 aromatic heterocycles. The lowest BCUT2D eigenvalue weighted by Crippen LogP contribution is -2.50. The van der Waals surface area contributed by atoms with E-state index in [0.29, 0.717) is 24.1 Å². The van der Waals surface area contributed by atoms with Crippen molar-refractivity contribution >= 4 is 58.2 Å². The van der Waals surface area contributed by atoms with Crippen LogP contribution in [0.15, 0.2) is 197 Å². The van der Waals surface area contributed by atoms with Crippen molar-refractivity contribution in [1.29, 1.82) is 0 Å². The number of carboxylic acids is 1. The normalized spacial score (nSPS) is 16.8. The van der Waals surface area contributed by atoms with Gasteiger partial charge in [-0.1, -0.05) is 117 Å². The third-order valence-electron chi connectivity index (χ3n) is 22.4. The summed E-state index contributed by atoms with van der Waals surface area (Å²) >= 11 is 3.34. The highest BCUT2D eigenvalue weighted by atomic mass is 79.9. The zero-order valence-corrected chi connectivity index (χ0v) is 79.1. The number of rotatable bonds is 23. The maximum atomic E-state index is 12.3. The molecule has 0 saturated carbocycles. The van der Waals surface area contributed by atoms with E-state index < -0.39 is 41.7 Å². The smallest absolute Gasteiger partial charge is 0.476 e. The predicted octanol–water partition coefficient (Wildman–Crippen LogP) is 10.1. The van der Waals surface area contributed by atoms with E-state index in [4.69, 9.17) is 43.3 Å². The summed E-state index contributed by atoms with van der Waals surface area (Å²) in [7, 11) is -0.394. The number of carboxylic acid groups (broad SMARTS) is 1. The standard InChI is InChI=1S/C27H31N7O2.C20H23N5O2.C15H25BN3O3.C12H10BrNO.C7H12N2O2.C7H10N2O.C5H10O.C2H2O3.CH4/c1-20(2)25-6-7-26(35)34(31-25)18-21-4-3-5-22(14-21)27-28-15-23(16-29-27)24-17-30-33(19-24)9-8-32-10-12-36-13-11-32;26-15-16-2-1-3-17(10-16)20-21-11-18(12-22-20)19-13-23-25(14-19)5-4-24-6-8-27-9-7-24;1-14(2)15(3,4)22-16(21-14)13-11-17-19(12-13)6-5-18-7-9-20-10-8-18;13-11-4-5-12(14-7-11)10-3-1-2-9(6-10)8-15;1-4-7(2,3)5(10)6(11)9-8-4;1-5(2)6-3-4-7(10)9-8-6;1-4(2)5(3)6;3-1-2(4)5;/h3-7,14-17,19-20H,8-13,18H2,1-2H3;1-3,10-14,26H,4-9,15H2;11-12H,1,5-10H2,2-4H3;1-7,15H,8H2;5,10H,1-3H3,(H,9,11);3-5H,1-2H3,(H,9,10);4H,1-3H3;1H,(H,4,5);1H4/q;;+1;;;;;;. The lowest BCUT2D eigenvalue weighted by molar-refractivity contribution is -0.143. The molecule has 35 nitrogen and oxygen atoms in total. The Kier molecular flexibility index (Phi) is 42.2. The number of Topliss-reactive ketones (excluding diaryl/α,β-unsaturated/α-hetero) is 1. The van der Waals surface area contributed by atoms with Crippen molar-refractivity contribution in [2.45, 2.75) is 166 Å². The van der Waals surface area contributed by atoms with Crippen LogP contribution in [-0.4, -0.2) is 262 Å². The Balaban J connectivity index is 0.000000201. The number of H-pyrrole nitrogens is 1. The van der Waals surface area contributed by atoms with E-state index in [1.807, 2.05) is 209 Å². The molecular weight excluding hydrogens is 1760 g/mol. The van der Waals surface area contributed by atoms with Gasteiger partial charge in [0.25, 0.3) is 17.0 Å². The van der Waals surface area contributed by atoms with Gasteiger partial charge in [0.2, 0.25) is 11.9 Å². The number of halogens is 1. The second-order valence-electron chi connectivity index (χ2n) is 34.0. The van der Waals surface area contributed by atoms with E-state index in [2.05, 4.69) is 117 Å². The van der Waals surface area contributed by atoms with Crippen LogP contribution in [0.5, 0.6) is 0 Å². The van der Waals surface area contributed by atoms with Gasteiger partial charge in [0, 0.05) is 200 Å². The summed E-state index contributed by atoms with van der Waals surface area (Å²) in [6.45, 7) is 45.7. The number of pyridine rings is 1. The summed E-state index contributed by atoms with van der Waals surface area (Å²) in [5.74, 6) is 0.528. The van der Waals surface area contributed by atoms with Crippen LogP contribution in [0.4, 0.5) is 0 Å². The number of nitrogens with one attached hydrogen (secondary N) is 2. The van der Waals surface area contributed by atoms with Gasteiger partial charge in [0.15, 0.2) is 11.6 Å². The van der Waals surface area contributed by atoms with Crippen LogP contribution in [0.25, 0.3) is 56.3 Å². The number of aldehydes is 1. The second-order valence-corrected chi connectivity index (χ2v) is 34.9. The van der Waals surface area contributed by atoms with Crippen molar-refractivity contribution in [2.75, 3.05) is 98.5 Å². The molecule has 2 unspecified atom stereocenters. The van der Waals surface area contributed by atoms with Gasteiger partial charge in [-0.2, -0.15) is 30.6 Å². The Labute approximate surface area is 786 Å². The number of aromatic nitrogens is 15. The maximum Gasteiger partial charge on any atom is 0.501 e. The SMILES string of the molecule is C.CC(=O)C(C)C.CC(C)c1ccc(=O)[nH]n1.CC(C)c1ccc(=O)n(Cc2cccc(-c3ncc(-c4cnn(CCN5CCOCC5)c4)cn3)c2)n1.CC1=NNC(=O)C(O)C1(C)C.O=CC(=O)O.OCc1cccc(-c2ccc(Br)cn2)c1.OCc1cccc(-c2ncc(-c3cnn(CCN4CCOCC4)c3)cn2)c1.[CH2+]C1(C)OB(c2cnn(CCN3CCOCC3)c2)OC1(C)C. The summed E-state index contributed by atoms with van der Waals surface area (Å²) in [6.07, 6.45) is 19.5. The van der Waals surface area contributed by atoms with Crippen LogP contribution < -0.4 is 22.0 Å². The lowest BCUT2D eigenvalue weighted by Gasteiger charge is -2.32. The molecule has 5 aliphatic rings. The average molecular weight is 1890 g/mol. The number of aromatic amines is 1. The quantitative estimate of drug-likeness (QED) is 0.0150. The first kappa shape index (κ1) is 107. The molecule has 2 atom stereocenters. The third kappa shape index (κ3) is 33.8. The van der Waals surface area contributed by atoms with Gasteiger partial charge in [-0.05, 0) is 115 Å². The topological polar surface area (TPSA) is 428 Å². The van der Waals surface area contributed by atoms with Crippen LogP contribution in [-0.2, 0) is 82.1 Å². The number of benzene rings is 3. The molecule has 37 heteroatoms. The fraction of sp³-hybridized carbons (Fsp3) is 0.438. The van der Waals surface area contributed by atoms with Crippen molar-refractivity contribution in [2.24, 2.45) is 16.4 Å². The molecule has 710 valence electrons. The Morgan fingerprint density at radius 2 is 1.01 bits per heavy atom. The number of nitrogens with zero attached hydrogens (tertiary/aromatic N) is 18. The molecule has 0 radical (unpaired) electrons. The van der Waals surface area contributed by atoms with E-state index in [0.717, 1.165) is 207 Å². The number of aliphatic hydroxyl groups excluding tert-OH is 3. The molecular formula is C96H127BBrN20O15+. The van der Waals surface area contributed by atoms with E-state index in [1.54, 1.807) is 52.1 Å². The van der Waals surface area contributed by atoms with Crippen LogP contribution in [0.2, 0.25) is 0 Å². The number of hydrazone groups is 1. The minimum absolute atomic E-state index is 0. The summed E-state index contributed by atoms with van der Waals surface area (Å²) in [6, 6.07) is 33.8. The van der Waals surface area contributed by atoms with Gasteiger partial charge in [-0.3, -0.25) is 57.7 Å². The first-order valence-corrected chi connectivity index (χ1v) is 44.7. The second kappa shape index (κ2) is 52.7. The van der Waals surface area contributed by atoms with Gasteiger partial charge in [0.1, 0.15) is 17.5 Å². The molecule has 4 fully saturated rings. The number of aliphatic hydroxyl groups is 3. The number of aliphatic carboxylic acids is 1. The Morgan fingerprint density at radius 3 is 1.42 bits per heavy atom. The Bertz CT molecular complexity index is 5550. The number of morpholine rings is 3. The molecule has 13 heterocycles. The highest BCUT2D eigenvalue weighted by Gasteiger charge is 2.57. The van der Waals surface area contributed by atoms with Gasteiger partial charge >= 0.3 is 13.1 Å². The largest absolute Gasteiger partial charge is 0.501 e. The van der Waals surface area contributed by atoms with Crippen LogP contribution in [0.1, 0.15) is 137 Å². The molecule has 6 N–H and O–H groups in total. The number of hydrogen-bond donors (Lipinski definition) is 6. The minimum Gasteiger partial charge on any atom is -0.476 e. The van der Waals surface area contributed by atoms with Gasteiger partial charge in [-0.15, -0.1) is 0 Å². The molecule has 11 aromatic rings. The first-order valence-electron chi connectivity index (χ1n) is 43.9. The van der Waals surface area contributed by atoms with Crippen molar-refractivity contribution in [3.63, 3.8) is 0 Å². The lowest BCUT2D eigenvalue weighted by atomic mass is 9.81. The van der Waals surface area contributed by atoms with Gasteiger partial charge in [-0.25, -0.2) is 39.9 Å². The summed E-state index contributed by atoms with van der Waals surface area (Å²) in [4.78, 5) is 91.4. The van der Waals surface area contributed by atoms with Crippen molar-refractivity contribution in [1.82, 2.24) is 94.4 Å². The average Bonchev–Trinajstić information content (AvgIpc) is 1.64. The summed E-state index contributed by atoms with van der Waals surface area (Å²) < 4.78 is 36.4. The van der Waals surface area contributed by atoms with Gasteiger partial charge < -0.3 is 43.9 Å². The number of ether oxygens (including phenoxy) is 3. The zero-order valence-electron chi connectivity index (χ0n) is 77.5. The number of carbonyl (C=O) groups excluding carboxylic acids is 3. The third-order valence-corrected chi connectivity index (χ3v) is 22.8. The number of hydrogen-bond acceptors (Lipinski definition) is 28. The fourth-order valence-electron chi connectivity index (χ4n) is 12.9. The van der Waals surface area contributed by atoms with Gasteiger partial charge in [0.05, 0.1) is 115 Å². The van der Waals surface area contributed by atoms with E-state index in [-0.39, 0.29) is 55.7 Å². The highest BCUT2D eigenvalue weighted by molar-refractivity contribution is 9.10. The predicted molar refractivity (Wildman–Crippen MR) is 514 cm³/mol. The van der Waals surface area contributed by atoms with E-state index in [1.165, 1.54) is 10.7 Å². The molecule has 0 bridgehead atoms. The monoisotopic (exact) mass is 1890 g/mol. The summed E-state index contributed by atoms with van der Waals surface area (Å²) in [5.41, 5.74) is 14.3. The fourth-order valence-corrected chi connectivity index (χ4v) is 13.1. The highest BCUT2D eigenvalue weighted by Crippen LogP contribution is 2.36. The molecule has 5 aliphatic heterocycles. The summed E-state index contributed by atoms with van der Waals surface area (Å²) in [5, 5.41) is 62.9. The maximum absolute atomic E-state index is 12.3. The molecule has 1 amide bonds. The Hall–Kier alpha value is -11.7. The molecule has 3 aromatic carbocycles. The zero-order chi connectivity index (χ0) is 95.5. The van der Waals surface area contributed by atoms with Crippen LogP contribution in [0, 0.1) is 18.3 Å². The number of ketones is 1. The van der Waals surface area contributed by atoms with Crippen LogP contribution >= 0.6 is 15.9 Å². The number of carbonyl (C=O) groups is 4. The molecule has 16 rings (SSSR count). The van der Waals surface area contributed by atoms with E-state index in [9.17, 15) is 29.4 Å². The first-order chi connectivity index (χ1) is 63.1. The van der Waals surface area contributed by atoms with Crippen molar-refractivity contribution in [3.05, 3.63) is 238 Å². The molecule has 0 spiro atoms. The molecule has 133 heavy (non-hydrogen) atoms. The van der Waals surface area contributed by atoms with Crippen LogP contribution in [0.3, 0.4) is 0 Å². The minimum atomic E-state index is -1.43. The van der Waals surface area contributed by atoms with Crippen molar-refractivity contribution < 1.29 is 63.1 Å².